The predicted octanol–water partition coefficient (Wildman–Crippen LogP) is 2.37. The molecule has 3 nitrogen and oxygen atoms in total. The van der Waals surface area contributed by atoms with Gasteiger partial charge < -0.3 is 15.2 Å². The van der Waals surface area contributed by atoms with Gasteiger partial charge >= 0.3 is 0 Å². The van der Waals surface area contributed by atoms with Gasteiger partial charge in [0.15, 0.2) is 11.5 Å². The lowest BCUT2D eigenvalue weighted by atomic mass is 10.3. The van der Waals surface area contributed by atoms with Crippen LogP contribution in [0.5, 0.6) is 11.5 Å². The third-order valence-corrected chi connectivity index (χ3v) is 2.03. The SMILES string of the molecule is C=C(CN)COc1ccccc1OCCC. The average Bonchev–Trinajstić information content (AvgIpc) is 2.34. The fraction of sp³-hybridized carbons (Fsp3) is 0.385. The third-order valence-electron chi connectivity index (χ3n) is 2.03. The summed E-state index contributed by atoms with van der Waals surface area (Å²) in [5.41, 5.74) is 6.31. The van der Waals surface area contributed by atoms with Gasteiger partial charge in [0, 0.05) is 6.54 Å². The maximum absolute atomic E-state index is 5.58. The highest BCUT2D eigenvalue weighted by atomic mass is 16.5. The lowest BCUT2D eigenvalue weighted by Crippen LogP contribution is -2.10. The van der Waals surface area contributed by atoms with Gasteiger partial charge in [-0.2, -0.15) is 0 Å². The van der Waals surface area contributed by atoms with Crippen molar-refractivity contribution in [3.8, 4) is 11.5 Å². The maximum atomic E-state index is 5.58. The molecule has 0 atom stereocenters. The number of ether oxygens (including phenoxy) is 2. The molecule has 88 valence electrons. The molecule has 2 N–H and O–H groups in total. The summed E-state index contributed by atoms with van der Waals surface area (Å²) in [4.78, 5) is 0. The van der Waals surface area contributed by atoms with Crippen molar-refractivity contribution in [2.75, 3.05) is 19.8 Å². The van der Waals surface area contributed by atoms with Gasteiger partial charge in [0.25, 0.3) is 0 Å². The molecule has 3 heteroatoms. The molecule has 0 aliphatic carbocycles. The molecule has 0 bridgehead atoms. The molecule has 1 rings (SSSR count). The summed E-state index contributed by atoms with van der Waals surface area (Å²) >= 11 is 0. The van der Waals surface area contributed by atoms with Gasteiger partial charge in [-0.05, 0) is 24.1 Å². The third kappa shape index (κ3) is 3.95. The molecule has 0 fully saturated rings. The highest BCUT2D eigenvalue weighted by Crippen LogP contribution is 2.26. The van der Waals surface area contributed by atoms with Crippen molar-refractivity contribution in [2.45, 2.75) is 13.3 Å². The standard InChI is InChI=1S/C13H19NO2/c1-3-8-15-12-6-4-5-7-13(12)16-10-11(2)9-14/h4-7H,2-3,8-10,14H2,1H3. The van der Waals surface area contributed by atoms with Crippen LogP contribution < -0.4 is 15.2 Å². The monoisotopic (exact) mass is 221 g/mol. The summed E-state index contributed by atoms with van der Waals surface area (Å²) < 4.78 is 11.1. The first-order chi connectivity index (χ1) is 7.77. The van der Waals surface area contributed by atoms with E-state index < -0.39 is 0 Å². The molecular weight excluding hydrogens is 202 g/mol. The van der Waals surface area contributed by atoms with Gasteiger partial charge in [-0.1, -0.05) is 25.6 Å². The molecule has 0 spiro atoms. The summed E-state index contributed by atoms with van der Waals surface area (Å²) in [6, 6.07) is 7.62. The Morgan fingerprint density at radius 2 is 1.88 bits per heavy atom. The Bertz CT molecular complexity index is 336. The molecule has 1 aromatic carbocycles. The van der Waals surface area contributed by atoms with Crippen LogP contribution in [0.15, 0.2) is 36.4 Å². The van der Waals surface area contributed by atoms with E-state index in [4.69, 9.17) is 15.2 Å². The zero-order valence-corrected chi connectivity index (χ0v) is 9.74. The Labute approximate surface area is 96.9 Å². The second-order valence-electron chi connectivity index (χ2n) is 3.54. The fourth-order valence-electron chi connectivity index (χ4n) is 1.14. The minimum atomic E-state index is 0.434. The second-order valence-corrected chi connectivity index (χ2v) is 3.54. The van der Waals surface area contributed by atoms with E-state index >= 15 is 0 Å². The Morgan fingerprint density at radius 1 is 1.25 bits per heavy atom. The first-order valence-electron chi connectivity index (χ1n) is 5.49. The van der Waals surface area contributed by atoms with Crippen LogP contribution in [-0.2, 0) is 0 Å². The predicted molar refractivity (Wildman–Crippen MR) is 65.9 cm³/mol. The number of hydrogen-bond acceptors (Lipinski definition) is 3. The molecule has 1 aromatic rings. The van der Waals surface area contributed by atoms with Crippen molar-refractivity contribution in [1.29, 1.82) is 0 Å². The lowest BCUT2D eigenvalue weighted by molar-refractivity contribution is 0.280. The maximum Gasteiger partial charge on any atom is 0.161 e. The molecule has 0 heterocycles. The zero-order valence-electron chi connectivity index (χ0n) is 9.74. The number of hydrogen-bond donors (Lipinski definition) is 1. The molecule has 0 amide bonds. The molecular formula is C13H19NO2. The molecule has 0 aliphatic heterocycles. The van der Waals surface area contributed by atoms with Crippen molar-refractivity contribution in [3.63, 3.8) is 0 Å². The summed E-state index contributed by atoms with van der Waals surface area (Å²) in [7, 11) is 0. The van der Waals surface area contributed by atoms with Crippen molar-refractivity contribution >= 4 is 0 Å². The first kappa shape index (κ1) is 12.6. The van der Waals surface area contributed by atoms with Gasteiger partial charge in [0.2, 0.25) is 0 Å². The van der Waals surface area contributed by atoms with Crippen LogP contribution in [0.1, 0.15) is 13.3 Å². The van der Waals surface area contributed by atoms with Crippen molar-refractivity contribution in [2.24, 2.45) is 5.73 Å². The summed E-state index contributed by atoms with van der Waals surface area (Å²) in [5, 5.41) is 0. The van der Waals surface area contributed by atoms with Crippen molar-refractivity contribution < 1.29 is 9.47 Å². The average molecular weight is 221 g/mol. The van der Waals surface area contributed by atoms with Gasteiger partial charge in [0.1, 0.15) is 6.61 Å². The minimum Gasteiger partial charge on any atom is -0.490 e. The van der Waals surface area contributed by atoms with Crippen LogP contribution >= 0.6 is 0 Å². The topological polar surface area (TPSA) is 44.5 Å². The van der Waals surface area contributed by atoms with Crippen molar-refractivity contribution in [1.82, 2.24) is 0 Å². The first-order valence-corrected chi connectivity index (χ1v) is 5.49. The van der Waals surface area contributed by atoms with Gasteiger partial charge in [0.05, 0.1) is 6.61 Å². The molecule has 0 saturated carbocycles. The Hall–Kier alpha value is -1.48. The van der Waals surface area contributed by atoms with E-state index in [1.165, 1.54) is 0 Å². The molecule has 0 aromatic heterocycles. The molecule has 0 saturated heterocycles. The number of para-hydroxylation sites is 2. The van der Waals surface area contributed by atoms with Crippen LogP contribution in [-0.4, -0.2) is 19.8 Å². The highest BCUT2D eigenvalue weighted by Gasteiger charge is 2.03. The fourth-order valence-corrected chi connectivity index (χ4v) is 1.14. The Morgan fingerprint density at radius 3 is 2.44 bits per heavy atom. The van der Waals surface area contributed by atoms with Crippen LogP contribution in [0.25, 0.3) is 0 Å². The molecule has 0 radical (unpaired) electrons. The van der Waals surface area contributed by atoms with E-state index in [0.717, 1.165) is 23.5 Å². The summed E-state index contributed by atoms with van der Waals surface area (Å²) in [6.07, 6.45) is 0.976. The van der Waals surface area contributed by atoms with Gasteiger partial charge in [-0.15, -0.1) is 0 Å². The minimum absolute atomic E-state index is 0.434. The molecule has 16 heavy (non-hydrogen) atoms. The second kappa shape index (κ2) is 6.90. The summed E-state index contributed by atoms with van der Waals surface area (Å²) in [6.45, 7) is 7.43. The van der Waals surface area contributed by atoms with Crippen molar-refractivity contribution in [3.05, 3.63) is 36.4 Å². The van der Waals surface area contributed by atoms with E-state index in [2.05, 4.69) is 13.5 Å². The van der Waals surface area contributed by atoms with Crippen LogP contribution in [0.3, 0.4) is 0 Å². The van der Waals surface area contributed by atoms with E-state index in [1.54, 1.807) is 0 Å². The quantitative estimate of drug-likeness (QED) is 0.719. The Kier molecular flexibility index (Phi) is 5.43. The normalized spacial score (nSPS) is 9.88. The molecule has 0 unspecified atom stereocenters. The van der Waals surface area contributed by atoms with E-state index in [1.807, 2.05) is 24.3 Å². The van der Waals surface area contributed by atoms with E-state index in [9.17, 15) is 0 Å². The lowest BCUT2D eigenvalue weighted by Gasteiger charge is -2.12. The van der Waals surface area contributed by atoms with Gasteiger partial charge in [-0.25, -0.2) is 0 Å². The van der Waals surface area contributed by atoms with Gasteiger partial charge in [-0.3, -0.25) is 0 Å². The molecule has 0 aliphatic rings. The van der Waals surface area contributed by atoms with Crippen LogP contribution in [0.4, 0.5) is 0 Å². The van der Waals surface area contributed by atoms with E-state index in [0.29, 0.717) is 19.8 Å². The van der Waals surface area contributed by atoms with Crippen LogP contribution in [0, 0.1) is 0 Å². The zero-order chi connectivity index (χ0) is 11.8. The summed E-state index contributed by atoms with van der Waals surface area (Å²) in [5.74, 6) is 1.51. The smallest absolute Gasteiger partial charge is 0.161 e. The van der Waals surface area contributed by atoms with Crippen LogP contribution in [0.2, 0.25) is 0 Å². The van der Waals surface area contributed by atoms with E-state index in [-0.39, 0.29) is 0 Å². The highest BCUT2D eigenvalue weighted by molar-refractivity contribution is 5.39. The number of nitrogens with two attached hydrogens (primary N) is 1. The largest absolute Gasteiger partial charge is 0.490 e. The Balaban J connectivity index is 2.59. The number of rotatable bonds is 7. The number of benzene rings is 1.